The summed E-state index contributed by atoms with van der Waals surface area (Å²) in [5, 5.41) is 4.52. The highest BCUT2D eigenvalue weighted by molar-refractivity contribution is 6.33. The van der Waals surface area contributed by atoms with E-state index in [4.69, 9.17) is 16.3 Å². The van der Waals surface area contributed by atoms with Gasteiger partial charge in [0.05, 0.1) is 36.8 Å². The number of hydrogen-bond acceptors (Lipinski definition) is 7. The predicted octanol–water partition coefficient (Wildman–Crippen LogP) is 3.56. The van der Waals surface area contributed by atoms with E-state index >= 15 is 0 Å². The third-order valence-electron chi connectivity index (χ3n) is 5.94. The zero-order valence-corrected chi connectivity index (χ0v) is 19.8. The SMILES string of the molecule is Cc1cncc(-c2ccc(-c3cc4cnc(C)nc4n(CCOC4CCNC4)c3=O)c(Cl)c2)n1. The number of aromatic nitrogens is 5. The van der Waals surface area contributed by atoms with E-state index in [0.29, 0.717) is 40.8 Å². The lowest BCUT2D eigenvalue weighted by Crippen LogP contribution is -2.27. The minimum atomic E-state index is -0.163. The van der Waals surface area contributed by atoms with E-state index in [1.165, 1.54) is 0 Å². The molecule has 34 heavy (non-hydrogen) atoms. The predicted molar refractivity (Wildman–Crippen MR) is 132 cm³/mol. The summed E-state index contributed by atoms with van der Waals surface area (Å²) < 4.78 is 7.64. The number of rotatable bonds is 6. The number of halogens is 1. The van der Waals surface area contributed by atoms with Gasteiger partial charge >= 0.3 is 0 Å². The first-order valence-electron chi connectivity index (χ1n) is 11.3. The third kappa shape index (κ3) is 4.57. The minimum absolute atomic E-state index is 0.163. The molecule has 4 heterocycles. The Morgan fingerprint density at radius 1 is 1.15 bits per heavy atom. The van der Waals surface area contributed by atoms with Gasteiger partial charge in [-0.2, -0.15) is 0 Å². The molecule has 0 saturated carbocycles. The lowest BCUT2D eigenvalue weighted by Gasteiger charge is -2.15. The number of hydrogen-bond donors (Lipinski definition) is 1. The Kier molecular flexibility index (Phi) is 6.36. The summed E-state index contributed by atoms with van der Waals surface area (Å²) in [7, 11) is 0. The van der Waals surface area contributed by atoms with Crippen LogP contribution in [-0.2, 0) is 11.3 Å². The number of fused-ring (bicyclic) bond motifs is 1. The average molecular weight is 477 g/mol. The fourth-order valence-electron chi connectivity index (χ4n) is 4.22. The minimum Gasteiger partial charge on any atom is -0.375 e. The van der Waals surface area contributed by atoms with Crippen molar-refractivity contribution < 1.29 is 4.74 Å². The Morgan fingerprint density at radius 2 is 2.03 bits per heavy atom. The monoisotopic (exact) mass is 476 g/mol. The number of nitrogens with one attached hydrogen (secondary N) is 1. The van der Waals surface area contributed by atoms with E-state index in [1.54, 1.807) is 23.2 Å². The molecule has 0 bridgehead atoms. The Bertz CT molecular complexity index is 1410. The molecule has 5 rings (SSSR count). The number of aryl methyl sites for hydroxylation is 2. The molecule has 1 aromatic carbocycles. The van der Waals surface area contributed by atoms with Gasteiger partial charge in [0.2, 0.25) is 0 Å². The van der Waals surface area contributed by atoms with Crippen molar-refractivity contribution in [2.24, 2.45) is 0 Å². The molecule has 4 aromatic rings. The summed E-state index contributed by atoms with van der Waals surface area (Å²) in [5.74, 6) is 0.607. The van der Waals surface area contributed by atoms with Gasteiger partial charge in [-0.15, -0.1) is 0 Å². The highest BCUT2D eigenvalue weighted by Crippen LogP contribution is 2.31. The second-order valence-corrected chi connectivity index (χ2v) is 8.84. The molecule has 1 atom stereocenters. The summed E-state index contributed by atoms with van der Waals surface area (Å²) in [6.45, 7) is 6.31. The number of benzene rings is 1. The summed E-state index contributed by atoms with van der Waals surface area (Å²) in [6.07, 6.45) is 6.29. The van der Waals surface area contributed by atoms with Gasteiger partial charge in [0.15, 0.2) is 0 Å². The van der Waals surface area contributed by atoms with Crippen molar-refractivity contribution >= 4 is 22.6 Å². The standard InChI is InChI=1S/C25H25ClN6O2/c1-15-11-28-14-23(30-15)17-3-4-20(22(26)10-17)21-9-18-12-29-16(2)31-24(18)32(25(21)33)7-8-34-19-5-6-27-13-19/h3-4,9-12,14,19,27H,5-8,13H2,1-2H3. The quantitative estimate of drug-likeness (QED) is 0.454. The van der Waals surface area contributed by atoms with Crippen LogP contribution in [0.2, 0.25) is 5.02 Å². The molecule has 0 radical (unpaired) electrons. The van der Waals surface area contributed by atoms with E-state index in [2.05, 4.69) is 25.3 Å². The maximum Gasteiger partial charge on any atom is 0.260 e. The Labute approximate surface area is 202 Å². The smallest absolute Gasteiger partial charge is 0.260 e. The van der Waals surface area contributed by atoms with E-state index in [1.807, 2.05) is 38.1 Å². The maximum atomic E-state index is 13.6. The van der Waals surface area contributed by atoms with Crippen molar-refractivity contribution in [3.63, 3.8) is 0 Å². The van der Waals surface area contributed by atoms with E-state index < -0.39 is 0 Å². The van der Waals surface area contributed by atoms with E-state index in [-0.39, 0.29) is 11.7 Å². The molecule has 3 aromatic heterocycles. The molecule has 0 amide bonds. The third-order valence-corrected chi connectivity index (χ3v) is 6.25. The van der Waals surface area contributed by atoms with Crippen LogP contribution in [0.5, 0.6) is 0 Å². The molecule has 0 aliphatic carbocycles. The molecule has 1 saturated heterocycles. The fourth-order valence-corrected chi connectivity index (χ4v) is 4.50. The summed E-state index contributed by atoms with van der Waals surface area (Å²) in [4.78, 5) is 31.2. The Hall–Kier alpha value is -3.20. The molecule has 8 nitrogen and oxygen atoms in total. The highest BCUT2D eigenvalue weighted by Gasteiger charge is 2.18. The van der Waals surface area contributed by atoms with E-state index in [0.717, 1.165) is 41.8 Å². The van der Waals surface area contributed by atoms with Crippen LogP contribution in [-0.4, -0.2) is 50.3 Å². The van der Waals surface area contributed by atoms with Crippen LogP contribution in [0.1, 0.15) is 17.9 Å². The van der Waals surface area contributed by atoms with Gasteiger partial charge in [-0.1, -0.05) is 23.7 Å². The summed E-state index contributed by atoms with van der Waals surface area (Å²) in [6, 6.07) is 7.38. The summed E-state index contributed by atoms with van der Waals surface area (Å²) >= 11 is 6.69. The van der Waals surface area contributed by atoms with Gasteiger partial charge in [-0.25, -0.2) is 15.0 Å². The highest BCUT2D eigenvalue weighted by atomic mass is 35.5. The molecule has 1 unspecified atom stereocenters. The molecule has 1 aliphatic heterocycles. The van der Waals surface area contributed by atoms with Crippen LogP contribution in [0.3, 0.4) is 0 Å². The topological polar surface area (TPSA) is 94.8 Å². The number of ether oxygens (including phenoxy) is 1. The van der Waals surface area contributed by atoms with Crippen LogP contribution >= 0.6 is 11.6 Å². The second-order valence-electron chi connectivity index (χ2n) is 8.44. The van der Waals surface area contributed by atoms with Crippen LogP contribution < -0.4 is 10.9 Å². The average Bonchev–Trinajstić information content (AvgIpc) is 3.34. The van der Waals surface area contributed by atoms with Gasteiger partial charge in [-0.05, 0) is 38.9 Å². The maximum absolute atomic E-state index is 13.6. The van der Waals surface area contributed by atoms with Crippen molar-refractivity contribution in [2.75, 3.05) is 19.7 Å². The molecule has 1 aliphatic rings. The van der Waals surface area contributed by atoms with E-state index in [9.17, 15) is 4.79 Å². The molecular formula is C25H25ClN6O2. The normalized spacial score (nSPS) is 15.8. The first kappa shape index (κ1) is 22.6. The first-order valence-corrected chi connectivity index (χ1v) is 11.7. The first-order chi connectivity index (χ1) is 16.5. The molecule has 1 N–H and O–H groups in total. The van der Waals surface area contributed by atoms with Crippen molar-refractivity contribution in [3.8, 4) is 22.4 Å². The van der Waals surface area contributed by atoms with Gasteiger partial charge < -0.3 is 10.1 Å². The Morgan fingerprint density at radius 3 is 2.79 bits per heavy atom. The summed E-state index contributed by atoms with van der Waals surface area (Å²) in [5.41, 5.74) is 3.96. The Balaban J connectivity index is 1.54. The lowest BCUT2D eigenvalue weighted by molar-refractivity contribution is 0.0614. The lowest BCUT2D eigenvalue weighted by atomic mass is 10.0. The van der Waals surface area contributed by atoms with Gasteiger partial charge in [0.25, 0.3) is 5.56 Å². The molecule has 0 spiro atoms. The second kappa shape index (κ2) is 9.58. The van der Waals surface area contributed by atoms with Crippen LogP contribution in [0.25, 0.3) is 33.4 Å². The fraction of sp³-hybridized carbons (Fsp3) is 0.320. The molecule has 174 valence electrons. The zero-order chi connectivity index (χ0) is 23.7. The molecule has 1 fully saturated rings. The van der Waals surface area contributed by atoms with Crippen LogP contribution in [0.15, 0.2) is 47.7 Å². The zero-order valence-electron chi connectivity index (χ0n) is 19.1. The van der Waals surface area contributed by atoms with Crippen molar-refractivity contribution in [3.05, 3.63) is 69.8 Å². The number of nitrogens with zero attached hydrogens (tertiary/aromatic N) is 5. The molecule has 9 heteroatoms. The van der Waals surface area contributed by atoms with Gasteiger partial charge in [0.1, 0.15) is 11.5 Å². The number of pyridine rings is 1. The van der Waals surface area contributed by atoms with Crippen LogP contribution in [0.4, 0.5) is 0 Å². The van der Waals surface area contributed by atoms with Gasteiger partial charge in [0, 0.05) is 46.0 Å². The van der Waals surface area contributed by atoms with Crippen molar-refractivity contribution in [1.29, 1.82) is 0 Å². The van der Waals surface area contributed by atoms with Crippen LogP contribution in [0, 0.1) is 13.8 Å². The molecular weight excluding hydrogens is 452 g/mol. The van der Waals surface area contributed by atoms with Crippen molar-refractivity contribution in [2.45, 2.75) is 32.9 Å². The largest absolute Gasteiger partial charge is 0.375 e. The van der Waals surface area contributed by atoms with Gasteiger partial charge in [-0.3, -0.25) is 14.3 Å². The van der Waals surface area contributed by atoms with Crippen molar-refractivity contribution in [1.82, 2.24) is 29.8 Å².